The third kappa shape index (κ3) is 7.15. The van der Waals surface area contributed by atoms with Gasteiger partial charge in [0.25, 0.3) is 0 Å². The van der Waals surface area contributed by atoms with E-state index in [9.17, 15) is 26.8 Å². The number of amides is 3. The molecule has 0 aliphatic carbocycles. The molecule has 3 aromatic carbocycles. The Bertz CT molecular complexity index is 1320. The summed E-state index contributed by atoms with van der Waals surface area (Å²) in [6.45, 7) is 0. The fourth-order valence-corrected chi connectivity index (χ4v) is 4.06. The number of halogens is 2. The van der Waals surface area contributed by atoms with Gasteiger partial charge in [-0.2, -0.15) is 8.42 Å². The predicted octanol–water partition coefficient (Wildman–Crippen LogP) is 3.20. The minimum Gasteiger partial charge on any atom is -0.497 e. The first-order chi connectivity index (χ1) is 17.1. The summed E-state index contributed by atoms with van der Waals surface area (Å²) in [7, 11) is -1.50. The minimum atomic E-state index is -4.53. The van der Waals surface area contributed by atoms with Crippen LogP contribution in [-0.2, 0) is 21.4 Å². The third-order valence-corrected chi connectivity index (χ3v) is 6.03. The van der Waals surface area contributed by atoms with Crippen molar-refractivity contribution in [2.24, 2.45) is 0 Å². The highest BCUT2D eigenvalue weighted by atomic mass is 32.2. The van der Waals surface area contributed by atoms with Gasteiger partial charge in [0.1, 0.15) is 11.8 Å². The summed E-state index contributed by atoms with van der Waals surface area (Å²) in [6.07, 6.45) is 0.0736. The lowest BCUT2D eigenvalue weighted by Crippen LogP contribution is -2.53. The van der Waals surface area contributed by atoms with Crippen molar-refractivity contribution in [2.75, 3.05) is 23.8 Å². The number of hydrogen-bond acceptors (Lipinski definition) is 5. The SMILES string of the molecule is COc1ccc(N(C)C(=O)C(Cc2ccccc2)NC(=O)NS(=O)(=O)Nc2ccc(F)c(F)c2)cc1. The zero-order chi connectivity index (χ0) is 26.3. The summed E-state index contributed by atoms with van der Waals surface area (Å²) in [5, 5.41) is 2.38. The molecule has 1 unspecified atom stereocenters. The number of rotatable bonds is 9. The highest BCUT2D eigenvalue weighted by molar-refractivity contribution is 7.91. The molecule has 12 heteroatoms. The van der Waals surface area contributed by atoms with Gasteiger partial charge in [-0.15, -0.1) is 0 Å². The maximum absolute atomic E-state index is 13.4. The Morgan fingerprint density at radius 1 is 0.972 bits per heavy atom. The summed E-state index contributed by atoms with van der Waals surface area (Å²) in [5.41, 5.74) is 0.945. The molecule has 0 radical (unpaired) electrons. The molecule has 0 saturated carbocycles. The van der Waals surface area contributed by atoms with Crippen molar-refractivity contribution in [1.29, 1.82) is 0 Å². The van der Waals surface area contributed by atoms with Gasteiger partial charge in [-0.25, -0.2) is 18.3 Å². The van der Waals surface area contributed by atoms with E-state index in [0.717, 1.165) is 17.7 Å². The first kappa shape index (κ1) is 26.4. The highest BCUT2D eigenvalue weighted by Gasteiger charge is 2.27. The van der Waals surface area contributed by atoms with Crippen LogP contribution in [0.25, 0.3) is 0 Å². The molecule has 190 valence electrons. The maximum atomic E-state index is 13.4. The topological polar surface area (TPSA) is 117 Å². The molecule has 9 nitrogen and oxygen atoms in total. The van der Waals surface area contributed by atoms with E-state index in [1.807, 2.05) is 4.72 Å². The average molecular weight is 519 g/mol. The molecule has 3 aromatic rings. The number of hydrogen-bond donors (Lipinski definition) is 3. The first-order valence-corrected chi connectivity index (χ1v) is 12.1. The lowest BCUT2D eigenvalue weighted by atomic mass is 10.0. The fourth-order valence-electron chi connectivity index (χ4n) is 3.27. The third-order valence-electron chi connectivity index (χ3n) is 5.08. The zero-order valence-electron chi connectivity index (χ0n) is 19.4. The second kappa shape index (κ2) is 11.5. The van der Waals surface area contributed by atoms with Crippen molar-refractivity contribution in [3.05, 3.63) is 90.0 Å². The number of urea groups is 1. The molecule has 3 rings (SSSR count). The number of nitrogens with one attached hydrogen (secondary N) is 3. The summed E-state index contributed by atoms with van der Waals surface area (Å²) in [4.78, 5) is 27.1. The number of benzene rings is 3. The second-order valence-electron chi connectivity index (χ2n) is 7.65. The fraction of sp³-hybridized carbons (Fsp3) is 0.167. The van der Waals surface area contributed by atoms with Crippen LogP contribution in [0.5, 0.6) is 5.75 Å². The summed E-state index contributed by atoms with van der Waals surface area (Å²) in [5.74, 6) is -2.34. The standard InChI is InChI=1S/C24H24F2N4O5S/c1-30(18-9-11-19(35-2)12-10-18)23(31)22(14-16-6-4-3-5-7-16)27-24(32)29-36(33,34)28-17-8-13-20(25)21(26)15-17/h3-13,15,22,28H,14H2,1-2H3,(H2,27,29,32). The van der Waals surface area contributed by atoms with Crippen LogP contribution in [0.4, 0.5) is 25.0 Å². The maximum Gasteiger partial charge on any atom is 0.330 e. The van der Waals surface area contributed by atoms with Crippen molar-refractivity contribution in [1.82, 2.24) is 10.0 Å². The van der Waals surface area contributed by atoms with E-state index in [4.69, 9.17) is 4.74 Å². The predicted molar refractivity (Wildman–Crippen MR) is 131 cm³/mol. The lowest BCUT2D eigenvalue weighted by molar-refractivity contribution is -0.120. The van der Waals surface area contributed by atoms with Crippen molar-refractivity contribution >= 4 is 33.5 Å². The Morgan fingerprint density at radius 3 is 2.25 bits per heavy atom. The van der Waals surface area contributed by atoms with Crippen molar-refractivity contribution in [3.8, 4) is 5.75 Å². The molecule has 0 aromatic heterocycles. The molecule has 36 heavy (non-hydrogen) atoms. The van der Waals surface area contributed by atoms with Crippen LogP contribution in [0.15, 0.2) is 72.8 Å². The van der Waals surface area contributed by atoms with Gasteiger partial charge in [-0.3, -0.25) is 9.52 Å². The van der Waals surface area contributed by atoms with Gasteiger partial charge in [0.05, 0.1) is 12.8 Å². The van der Waals surface area contributed by atoms with E-state index in [1.165, 1.54) is 19.1 Å². The summed E-state index contributed by atoms with van der Waals surface area (Å²) >= 11 is 0. The molecule has 3 N–H and O–H groups in total. The number of likely N-dealkylation sites (N-methyl/N-ethyl adjacent to an activating group) is 1. The van der Waals surface area contributed by atoms with Gasteiger partial charge in [0.2, 0.25) is 5.91 Å². The van der Waals surface area contributed by atoms with E-state index < -0.39 is 39.8 Å². The van der Waals surface area contributed by atoms with Crippen molar-refractivity contribution in [2.45, 2.75) is 12.5 Å². The Hall–Kier alpha value is -4.19. The molecular formula is C24H24F2N4O5S. The van der Waals surface area contributed by atoms with E-state index in [1.54, 1.807) is 59.3 Å². The normalized spacial score (nSPS) is 11.8. The van der Waals surface area contributed by atoms with E-state index in [-0.39, 0.29) is 12.1 Å². The molecule has 0 aliphatic heterocycles. The number of anilines is 2. The quantitative estimate of drug-likeness (QED) is 0.402. The van der Waals surface area contributed by atoms with E-state index in [0.29, 0.717) is 17.5 Å². The molecular weight excluding hydrogens is 494 g/mol. The molecule has 0 bridgehead atoms. The first-order valence-electron chi connectivity index (χ1n) is 10.6. The highest BCUT2D eigenvalue weighted by Crippen LogP contribution is 2.19. The average Bonchev–Trinajstić information content (AvgIpc) is 2.85. The van der Waals surface area contributed by atoms with Gasteiger partial charge in [0, 0.05) is 25.2 Å². The van der Waals surface area contributed by atoms with Crippen LogP contribution in [0.2, 0.25) is 0 Å². The molecule has 0 aliphatic rings. The number of nitrogens with zero attached hydrogens (tertiary/aromatic N) is 1. The Labute approximate surface area is 207 Å². The number of carbonyl (C=O) groups is 2. The van der Waals surface area contributed by atoms with Crippen molar-refractivity contribution < 1.29 is 31.5 Å². The van der Waals surface area contributed by atoms with Gasteiger partial charge in [0.15, 0.2) is 11.6 Å². The number of carbonyl (C=O) groups excluding carboxylic acids is 2. The molecule has 0 saturated heterocycles. The molecule has 0 spiro atoms. The van der Waals surface area contributed by atoms with Gasteiger partial charge < -0.3 is 15.0 Å². The van der Waals surface area contributed by atoms with Gasteiger partial charge in [-0.05, 0) is 42.0 Å². The minimum absolute atomic E-state index is 0.0736. The van der Waals surface area contributed by atoms with Crippen molar-refractivity contribution in [3.63, 3.8) is 0 Å². The Kier molecular flexibility index (Phi) is 8.43. The van der Waals surface area contributed by atoms with Crippen LogP contribution in [0.1, 0.15) is 5.56 Å². The Balaban J connectivity index is 1.75. The number of ether oxygens (including phenoxy) is 1. The smallest absolute Gasteiger partial charge is 0.330 e. The van der Waals surface area contributed by atoms with Crippen LogP contribution in [0, 0.1) is 11.6 Å². The largest absolute Gasteiger partial charge is 0.497 e. The zero-order valence-corrected chi connectivity index (χ0v) is 20.2. The monoisotopic (exact) mass is 518 g/mol. The molecule has 1 atom stereocenters. The lowest BCUT2D eigenvalue weighted by Gasteiger charge is -2.25. The van der Waals surface area contributed by atoms with Crippen LogP contribution >= 0.6 is 0 Å². The Morgan fingerprint density at radius 2 is 1.64 bits per heavy atom. The molecule has 0 fully saturated rings. The van der Waals surface area contributed by atoms with Crippen LogP contribution in [-0.4, -0.2) is 40.6 Å². The van der Waals surface area contributed by atoms with Crippen LogP contribution < -0.4 is 24.4 Å². The number of methoxy groups -OCH3 is 1. The van der Waals surface area contributed by atoms with E-state index in [2.05, 4.69) is 5.32 Å². The van der Waals surface area contributed by atoms with Crippen LogP contribution in [0.3, 0.4) is 0 Å². The molecule has 3 amide bonds. The second-order valence-corrected chi connectivity index (χ2v) is 9.06. The van der Waals surface area contributed by atoms with Gasteiger partial charge in [-0.1, -0.05) is 30.3 Å². The summed E-state index contributed by atoms with van der Waals surface area (Å²) < 4.78 is 59.9. The summed E-state index contributed by atoms with van der Waals surface area (Å²) in [6, 6.07) is 15.5. The molecule has 0 heterocycles. The van der Waals surface area contributed by atoms with Gasteiger partial charge >= 0.3 is 16.2 Å². The van der Waals surface area contributed by atoms with E-state index >= 15 is 0 Å².